The molecule has 25 heavy (non-hydrogen) atoms. The topological polar surface area (TPSA) is 190 Å². The second kappa shape index (κ2) is 15.8. The zero-order valence-corrected chi connectivity index (χ0v) is 15.8. The Kier molecular flexibility index (Phi) is 17.8. The molecule has 0 aromatic heterocycles. The first-order chi connectivity index (χ1) is 11.3. The number of carboxylic acid groups (broad SMARTS) is 3. The summed E-state index contributed by atoms with van der Waals surface area (Å²) in [6.07, 6.45) is 2.49. The zero-order valence-electron chi connectivity index (χ0n) is 15.8. The first-order valence-corrected chi connectivity index (χ1v) is 8.24. The standard InChI is InChI=1S/C6H13NO2.2C5H11NO2/c1-2-3-4-5(7)6(8)9;2*1-3(2)4(6)5(7)8/h5H,2-4,7H2,1H3,(H,8,9);2*3-4H,6H2,1-2H3,(H,7,8)/t;4-;/m.0./s1. The summed E-state index contributed by atoms with van der Waals surface area (Å²) in [6.45, 7) is 9.11. The lowest BCUT2D eigenvalue weighted by Crippen LogP contribution is -2.34. The predicted molar refractivity (Wildman–Crippen MR) is 96.0 cm³/mol. The van der Waals surface area contributed by atoms with Crippen LogP contribution in [0.4, 0.5) is 0 Å². The van der Waals surface area contributed by atoms with Crippen molar-refractivity contribution in [2.75, 3.05) is 0 Å². The fourth-order valence-electron chi connectivity index (χ4n) is 1.12. The van der Waals surface area contributed by atoms with E-state index in [-0.39, 0.29) is 11.8 Å². The van der Waals surface area contributed by atoms with Crippen LogP contribution < -0.4 is 17.2 Å². The van der Waals surface area contributed by atoms with Gasteiger partial charge in [-0.1, -0.05) is 47.5 Å². The average Bonchev–Trinajstić information content (AvgIpc) is 2.51. The van der Waals surface area contributed by atoms with Gasteiger partial charge in [-0.25, -0.2) is 0 Å². The van der Waals surface area contributed by atoms with Crippen LogP contribution in [0.25, 0.3) is 0 Å². The summed E-state index contributed by atoms with van der Waals surface area (Å²) in [7, 11) is 0. The molecule has 3 atom stereocenters. The molecule has 0 rings (SSSR count). The van der Waals surface area contributed by atoms with E-state index in [1.165, 1.54) is 0 Å². The van der Waals surface area contributed by atoms with Gasteiger partial charge in [-0.15, -0.1) is 0 Å². The summed E-state index contributed by atoms with van der Waals surface area (Å²) in [4.78, 5) is 30.1. The molecule has 0 aliphatic carbocycles. The first kappa shape index (κ1) is 28.1. The van der Waals surface area contributed by atoms with Gasteiger partial charge in [-0.05, 0) is 18.3 Å². The zero-order chi connectivity index (χ0) is 20.7. The summed E-state index contributed by atoms with van der Waals surface area (Å²) in [5.41, 5.74) is 15.5. The smallest absolute Gasteiger partial charge is 0.320 e. The Bertz CT molecular complexity index is 364. The van der Waals surface area contributed by atoms with Crippen LogP contribution in [-0.2, 0) is 14.4 Å². The van der Waals surface area contributed by atoms with Gasteiger partial charge >= 0.3 is 17.9 Å². The highest BCUT2D eigenvalue weighted by Gasteiger charge is 2.15. The van der Waals surface area contributed by atoms with Crippen LogP contribution in [0.2, 0.25) is 0 Å². The summed E-state index contributed by atoms with van der Waals surface area (Å²) >= 11 is 0. The van der Waals surface area contributed by atoms with E-state index >= 15 is 0 Å². The average molecular weight is 365 g/mol. The van der Waals surface area contributed by atoms with Crippen LogP contribution in [0, 0.1) is 11.8 Å². The molecular weight excluding hydrogens is 330 g/mol. The summed E-state index contributed by atoms with van der Waals surface area (Å²) < 4.78 is 0. The Balaban J connectivity index is -0.000000291. The Labute approximate surface area is 149 Å². The van der Waals surface area contributed by atoms with Gasteiger partial charge in [0.15, 0.2) is 0 Å². The number of hydrogen-bond acceptors (Lipinski definition) is 6. The van der Waals surface area contributed by atoms with Crippen molar-refractivity contribution in [3.63, 3.8) is 0 Å². The third-order valence-corrected chi connectivity index (χ3v) is 3.19. The lowest BCUT2D eigenvalue weighted by atomic mass is 10.1. The van der Waals surface area contributed by atoms with E-state index in [9.17, 15) is 14.4 Å². The van der Waals surface area contributed by atoms with Gasteiger partial charge in [0.1, 0.15) is 18.1 Å². The van der Waals surface area contributed by atoms with Crippen LogP contribution >= 0.6 is 0 Å². The lowest BCUT2D eigenvalue weighted by molar-refractivity contribution is -0.140. The van der Waals surface area contributed by atoms with Crippen molar-refractivity contribution < 1.29 is 29.7 Å². The summed E-state index contributed by atoms with van der Waals surface area (Å²) in [5, 5.41) is 24.7. The van der Waals surface area contributed by atoms with Crippen molar-refractivity contribution in [2.24, 2.45) is 29.0 Å². The maximum Gasteiger partial charge on any atom is 0.320 e. The maximum atomic E-state index is 10.1. The van der Waals surface area contributed by atoms with Crippen molar-refractivity contribution in [1.29, 1.82) is 0 Å². The van der Waals surface area contributed by atoms with Crippen molar-refractivity contribution in [3.8, 4) is 0 Å². The fourth-order valence-corrected chi connectivity index (χ4v) is 1.12. The maximum absolute atomic E-state index is 10.1. The van der Waals surface area contributed by atoms with Crippen LogP contribution in [0.5, 0.6) is 0 Å². The van der Waals surface area contributed by atoms with Gasteiger partial charge in [0.05, 0.1) is 0 Å². The largest absolute Gasteiger partial charge is 0.480 e. The molecule has 0 saturated heterocycles. The van der Waals surface area contributed by atoms with Crippen molar-refractivity contribution in [1.82, 2.24) is 0 Å². The fraction of sp³-hybridized carbons (Fsp3) is 0.812. The quantitative estimate of drug-likeness (QED) is 0.359. The van der Waals surface area contributed by atoms with Crippen molar-refractivity contribution in [3.05, 3.63) is 0 Å². The van der Waals surface area contributed by atoms with Gasteiger partial charge in [0, 0.05) is 0 Å². The number of hydrogen-bond donors (Lipinski definition) is 6. The molecule has 0 saturated carbocycles. The van der Waals surface area contributed by atoms with Gasteiger partial charge in [-0.3, -0.25) is 14.4 Å². The normalized spacial score (nSPS) is 13.7. The third-order valence-electron chi connectivity index (χ3n) is 3.19. The van der Waals surface area contributed by atoms with Crippen LogP contribution in [0.3, 0.4) is 0 Å². The molecule has 150 valence electrons. The minimum absolute atomic E-state index is 0.0208. The van der Waals surface area contributed by atoms with E-state index in [0.29, 0.717) is 6.42 Å². The second-order valence-corrected chi connectivity index (χ2v) is 6.30. The van der Waals surface area contributed by atoms with Gasteiger partial charge < -0.3 is 32.5 Å². The van der Waals surface area contributed by atoms with Gasteiger partial charge in [-0.2, -0.15) is 0 Å². The van der Waals surface area contributed by atoms with E-state index in [1.807, 2.05) is 6.92 Å². The Morgan fingerprint density at radius 2 is 1.08 bits per heavy atom. The molecule has 0 spiro atoms. The molecule has 0 aromatic rings. The molecule has 9 N–H and O–H groups in total. The highest BCUT2D eigenvalue weighted by molar-refractivity contribution is 5.73. The highest BCUT2D eigenvalue weighted by Crippen LogP contribution is 1.97. The van der Waals surface area contributed by atoms with E-state index in [2.05, 4.69) is 0 Å². The molecule has 0 amide bonds. The molecular formula is C16H35N3O6. The number of aliphatic carboxylic acids is 3. The van der Waals surface area contributed by atoms with Crippen LogP contribution in [0.1, 0.15) is 53.9 Å². The number of rotatable bonds is 8. The third kappa shape index (κ3) is 18.5. The molecule has 0 radical (unpaired) electrons. The molecule has 0 bridgehead atoms. The first-order valence-electron chi connectivity index (χ1n) is 8.24. The second-order valence-electron chi connectivity index (χ2n) is 6.30. The van der Waals surface area contributed by atoms with Gasteiger partial charge in [0.25, 0.3) is 0 Å². The number of carboxylic acids is 3. The SMILES string of the molecule is CC(C)C(N)C(=O)O.CC(C)[C@H](N)C(=O)O.CCCCC(N)C(=O)O. The highest BCUT2D eigenvalue weighted by atomic mass is 16.4. The van der Waals surface area contributed by atoms with Crippen LogP contribution in [0.15, 0.2) is 0 Å². The molecule has 9 nitrogen and oxygen atoms in total. The number of nitrogens with two attached hydrogens (primary N) is 3. The Hall–Kier alpha value is -1.71. The van der Waals surface area contributed by atoms with E-state index in [4.69, 9.17) is 32.5 Å². The Morgan fingerprint density at radius 1 is 0.760 bits per heavy atom. The summed E-state index contributed by atoms with van der Waals surface area (Å²) in [6, 6.07) is -2.09. The molecule has 0 fully saturated rings. The van der Waals surface area contributed by atoms with Crippen molar-refractivity contribution >= 4 is 17.9 Å². The van der Waals surface area contributed by atoms with Crippen LogP contribution in [-0.4, -0.2) is 51.4 Å². The lowest BCUT2D eigenvalue weighted by Gasteiger charge is -2.07. The molecule has 2 unspecified atom stereocenters. The van der Waals surface area contributed by atoms with E-state index in [1.54, 1.807) is 27.7 Å². The number of carbonyl (C=O) groups is 3. The minimum Gasteiger partial charge on any atom is -0.480 e. The number of unbranched alkanes of at least 4 members (excludes halogenated alkanes) is 1. The van der Waals surface area contributed by atoms with Gasteiger partial charge in [0.2, 0.25) is 0 Å². The summed E-state index contributed by atoms with van der Waals surface area (Å²) in [5.74, 6) is -2.72. The predicted octanol–water partition coefficient (Wildman–Crippen LogP) is 0.697. The monoisotopic (exact) mass is 365 g/mol. The van der Waals surface area contributed by atoms with Crippen molar-refractivity contribution in [2.45, 2.75) is 72.0 Å². The van der Waals surface area contributed by atoms with E-state index in [0.717, 1.165) is 12.8 Å². The minimum atomic E-state index is -0.931. The molecule has 0 heterocycles. The Morgan fingerprint density at radius 3 is 1.20 bits per heavy atom. The van der Waals surface area contributed by atoms with E-state index < -0.39 is 36.0 Å². The molecule has 0 aliphatic rings. The molecule has 0 aliphatic heterocycles. The molecule has 9 heteroatoms. The molecule has 0 aromatic carbocycles.